The first-order chi connectivity index (χ1) is 0. The molecule has 0 saturated heterocycles. The molecule has 2 nitrogen and oxygen atoms in total. The third-order valence-corrected chi connectivity index (χ3v) is 0. The summed E-state index contributed by atoms with van der Waals surface area (Å²) in [5, 5.41) is 0. The third kappa shape index (κ3) is 8.93. The van der Waals surface area contributed by atoms with Gasteiger partial charge in [-0.15, -0.1) is 0 Å². The standard InChI is InChI=1S/2N.Sr.Ti/q2*-3;+2;+4. The summed E-state index contributed by atoms with van der Waals surface area (Å²) in [7, 11) is 0. The maximum atomic E-state index is 0. The van der Waals surface area contributed by atoms with Crippen LogP contribution in [0.2, 0.25) is 0 Å². The maximum absolute atomic E-state index is 0. The van der Waals surface area contributed by atoms with Gasteiger partial charge in [-0.2, -0.15) is 0 Å². The predicted molar refractivity (Wildman–Crippen MR) is 12.5 cm³/mol. The van der Waals surface area contributed by atoms with E-state index >= 15 is 0 Å². The molecule has 0 rings (SSSR count). The average molecular weight is 164 g/mol. The van der Waals surface area contributed by atoms with Gasteiger partial charge in [0.25, 0.3) is 0 Å². The van der Waals surface area contributed by atoms with Crippen LogP contribution in [0.3, 0.4) is 0 Å². The van der Waals surface area contributed by atoms with Crippen LogP contribution in [0.5, 0.6) is 0 Å². The fourth-order valence-corrected chi connectivity index (χ4v) is 0. The van der Waals surface area contributed by atoms with Crippen molar-refractivity contribution in [1.29, 1.82) is 0 Å². The molecule has 0 bridgehead atoms. The van der Waals surface area contributed by atoms with Crippen LogP contribution in [-0.2, 0) is 21.7 Å². The summed E-state index contributed by atoms with van der Waals surface area (Å²) < 4.78 is 0. The van der Waals surface area contributed by atoms with Crippen molar-refractivity contribution < 1.29 is 21.7 Å². The Morgan fingerprint density at radius 1 is 0.750 bits per heavy atom. The van der Waals surface area contributed by atoms with E-state index in [0.29, 0.717) is 0 Å². The molecule has 0 unspecified atom stereocenters. The Bertz CT molecular complexity index is 6.00. The molecule has 0 aromatic heterocycles. The zero-order chi connectivity index (χ0) is 0. The average Bonchev–Trinajstić information content (AvgIpc) is 0. The number of hydrogen-bond acceptors (Lipinski definition) is 0. The number of hydrogen-bond donors (Lipinski definition) is 0. The summed E-state index contributed by atoms with van der Waals surface area (Å²) in [6.07, 6.45) is 0. The Morgan fingerprint density at radius 3 is 0.750 bits per heavy atom. The summed E-state index contributed by atoms with van der Waals surface area (Å²) in [6, 6.07) is 0. The van der Waals surface area contributed by atoms with Gasteiger partial charge in [-0.3, -0.25) is 0 Å². The van der Waals surface area contributed by atoms with E-state index in [4.69, 9.17) is 0 Å². The molecule has 0 saturated carbocycles. The first-order valence-electron chi connectivity index (χ1n) is 0. The molecule has 0 radical (unpaired) electrons. The molecule has 0 aliphatic heterocycles. The van der Waals surface area contributed by atoms with Crippen LogP contribution >= 0.6 is 0 Å². The Kier molecular flexibility index (Phi) is 173. The second-order valence-corrected chi connectivity index (χ2v) is 0. The van der Waals surface area contributed by atoms with Crippen molar-refractivity contribution in [3.05, 3.63) is 12.3 Å². The first kappa shape index (κ1) is 35.8. The van der Waals surface area contributed by atoms with E-state index in [9.17, 15) is 0 Å². The van der Waals surface area contributed by atoms with Gasteiger partial charge in [0, 0.05) is 0 Å². The van der Waals surface area contributed by atoms with Crippen molar-refractivity contribution >= 4 is 45.5 Å². The predicted octanol–water partition coefficient (Wildman–Crippen LogP) is 0.194. The summed E-state index contributed by atoms with van der Waals surface area (Å²) >= 11 is 0. The van der Waals surface area contributed by atoms with Gasteiger partial charge in [0.05, 0.1) is 0 Å². The van der Waals surface area contributed by atoms with E-state index in [1.165, 1.54) is 0 Å². The molecule has 4 heteroatoms. The van der Waals surface area contributed by atoms with Gasteiger partial charge in [0.1, 0.15) is 0 Å². The van der Waals surface area contributed by atoms with Crippen LogP contribution in [0, 0.1) is 0 Å². The second-order valence-electron chi connectivity index (χ2n) is 0. The van der Waals surface area contributed by atoms with Gasteiger partial charge in [0.2, 0.25) is 0 Å². The monoisotopic (exact) mass is 164 g/mol. The van der Waals surface area contributed by atoms with Gasteiger partial charge < -0.3 is 12.3 Å². The summed E-state index contributed by atoms with van der Waals surface area (Å²) in [5.41, 5.74) is 0. The molecule has 16 valence electrons. The van der Waals surface area contributed by atoms with Crippen LogP contribution < -0.4 is 0 Å². The summed E-state index contributed by atoms with van der Waals surface area (Å²) in [6.45, 7) is 0. The summed E-state index contributed by atoms with van der Waals surface area (Å²) in [5.74, 6) is 0. The van der Waals surface area contributed by atoms with Gasteiger partial charge in [-0.25, -0.2) is 0 Å². The first-order valence-corrected chi connectivity index (χ1v) is 0. The van der Waals surface area contributed by atoms with Crippen LogP contribution in [0.1, 0.15) is 0 Å². The van der Waals surface area contributed by atoms with Crippen LogP contribution in [0.15, 0.2) is 0 Å². The van der Waals surface area contributed by atoms with E-state index in [1.54, 1.807) is 0 Å². The molecule has 0 fully saturated rings. The Hall–Kier alpha value is 2.11. The molecule has 0 aromatic rings. The van der Waals surface area contributed by atoms with E-state index in [1.807, 2.05) is 0 Å². The van der Waals surface area contributed by atoms with Crippen LogP contribution in [-0.4, -0.2) is 45.5 Å². The Morgan fingerprint density at radius 2 is 0.750 bits per heavy atom. The minimum Gasteiger partial charge on any atom is -3.00 e. The summed E-state index contributed by atoms with van der Waals surface area (Å²) in [4.78, 5) is 0. The zero-order valence-corrected chi connectivity index (χ0v) is 7.14. The molecular weight excluding hydrogens is 164 g/mol. The molecule has 0 atom stereocenters. The molecule has 4 heavy (non-hydrogen) atoms. The normalized spacial score (nSPS) is 0. The Labute approximate surface area is 78.0 Å². The van der Waals surface area contributed by atoms with Crippen molar-refractivity contribution in [2.45, 2.75) is 0 Å². The van der Waals surface area contributed by atoms with Gasteiger partial charge in [-0.1, -0.05) is 0 Å². The molecule has 0 N–H and O–H groups in total. The van der Waals surface area contributed by atoms with E-state index in [2.05, 4.69) is 0 Å². The third-order valence-electron chi connectivity index (χ3n) is 0. The quantitative estimate of drug-likeness (QED) is 0.458. The molecular formula is N2SrTi. The van der Waals surface area contributed by atoms with Gasteiger partial charge >= 0.3 is 67.2 Å². The molecule has 0 aromatic carbocycles. The van der Waals surface area contributed by atoms with Crippen molar-refractivity contribution in [3.8, 4) is 0 Å². The van der Waals surface area contributed by atoms with Crippen molar-refractivity contribution in [3.63, 3.8) is 0 Å². The molecule has 0 aliphatic carbocycles. The van der Waals surface area contributed by atoms with Crippen molar-refractivity contribution in [2.75, 3.05) is 0 Å². The van der Waals surface area contributed by atoms with E-state index in [-0.39, 0.29) is 79.5 Å². The van der Waals surface area contributed by atoms with Gasteiger partial charge in [0.15, 0.2) is 0 Å². The fourth-order valence-electron chi connectivity index (χ4n) is 0. The maximum Gasteiger partial charge on any atom is 4.00 e. The molecule has 0 amide bonds. The fraction of sp³-hybridized carbons (Fsp3) is 0. The van der Waals surface area contributed by atoms with Crippen LogP contribution in [0.25, 0.3) is 12.3 Å². The van der Waals surface area contributed by atoms with Crippen molar-refractivity contribution in [2.24, 2.45) is 0 Å². The smallest absolute Gasteiger partial charge is 3.00 e. The SMILES string of the molecule is [N-3].[N-3].[Sr+2].[Ti+4]. The van der Waals surface area contributed by atoms with Crippen molar-refractivity contribution in [1.82, 2.24) is 0 Å². The topological polar surface area (TPSA) is 61.0 Å². The zero-order valence-electron chi connectivity index (χ0n) is 2.10. The Balaban J connectivity index is 0. The minimum absolute atomic E-state index is 0. The van der Waals surface area contributed by atoms with E-state index in [0.717, 1.165) is 0 Å². The van der Waals surface area contributed by atoms with E-state index < -0.39 is 0 Å². The minimum atomic E-state index is 0. The second kappa shape index (κ2) is 19.4. The van der Waals surface area contributed by atoms with Gasteiger partial charge in [-0.05, 0) is 0 Å². The molecule has 0 aliphatic rings. The molecule has 0 spiro atoms. The number of rotatable bonds is 0. The number of nitrogens with zero attached hydrogens (tertiary/aromatic N) is 2. The largest absolute Gasteiger partial charge is 4.00 e. The van der Waals surface area contributed by atoms with Crippen LogP contribution in [0.4, 0.5) is 0 Å². The molecule has 0 heterocycles.